The Kier molecular flexibility index (Phi) is 6.07. The van der Waals surface area contributed by atoms with Gasteiger partial charge in [0.25, 0.3) is 5.91 Å². The second-order valence-electron chi connectivity index (χ2n) is 5.94. The van der Waals surface area contributed by atoms with Gasteiger partial charge in [-0.25, -0.2) is 4.98 Å². The average Bonchev–Trinajstić information content (AvgIpc) is 2.92. The molecule has 1 aliphatic heterocycles. The Hall–Kier alpha value is -3.00. The Morgan fingerprint density at radius 3 is 2.53 bits per heavy atom. The number of carbonyl (C=O) groups excluding carboxylic acids is 1. The van der Waals surface area contributed by atoms with Gasteiger partial charge in [-0.2, -0.15) is 21.6 Å². The number of alkyl halides is 3. The first-order valence-electron chi connectivity index (χ1n) is 8.41. The highest BCUT2D eigenvalue weighted by molar-refractivity contribution is 7.87. The third-order valence-corrected chi connectivity index (χ3v) is 4.94. The number of hydrogen-bond donors (Lipinski definition) is 1. The Bertz CT molecular complexity index is 1040. The SMILES string of the molecule is COc1ccc(NC(=O)c2cc(OS(=O)(=O)C(F)(F)F)nc3c2CCOCC3)nn1. The van der Waals surface area contributed by atoms with Crippen LogP contribution in [-0.2, 0) is 27.7 Å². The molecule has 0 fully saturated rings. The summed E-state index contributed by atoms with van der Waals surface area (Å²) in [6.45, 7) is 0.443. The van der Waals surface area contributed by atoms with Gasteiger partial charge in [-0.3, -0.25) is 4.79 Å². The summed E-state index contributed by atoms with van der Waals surface area (Å²) in [6.07, 6.45) is 0.396. The van der Waals surface area contributed by atoms with E-state index in [-0.39, 0.29) is 49.0 Å². The molecule has 30 heavy (non-hydrogen) atoms. The Balaban J connectivity index is 1.97. The van der Waals surface area contributed by atoms with Gasteiger partial charge in [0.1, 0.15) is 0 Å². The molecule has 1 aliphatic rings. The van der Waals surface area contributed by atoms with Crippen LogP contribution in [0.15, 0.2) is 18.2 Å². The molecule has 2 aromatic heterocycles. The van der Waals surface area contributed by atoms with Gasteiger partial charge in [-0.05, 0) is 18.1 Å². The molecule has 162 valence electrons. The highest BCUT2D eigenvalue weighted by Crippen LogP contribution is 2.29. The molecule has 0 radical (unpaired) electrons. The predicted octanol–water partition coefficient (Wildman–Crippen LogP) is 1.48. The number of rotatable bonds is 5. The van der Waals surface area contributed by atoms with E-state index in [1.54, 1.807) is 0 Å². The molecule has 10 nitrogen and oxygen atoms in total. The van der Waals surface area contributed by atoms with E-state index in [9.17, 15) is 26.4 Å². The van der Waals surface area contributed by atoms with Crippen molar-refractivity contribution < 1.29 is 40.0 Å². The molecule has 0 saturated carbocycles. The summed E-state index contributed by atoms with van der Waals surface area (Å²) >= 11 is 0. The largest absolute Gasteiger partial charge is 0.534 e. The maximum absolute atomic E-state index is 12.8. The number of hydrogen-bond acceptors (Lipinski definition) is 9. The molecule has 1 amide bonds. The first kappa shape index (κ1) is 21.7. The molecule has 2 aromatic rings. The zero-order chi connectivity index (χ0) is 21.9. The summed E-state index contributed by atoms with van der Waals surface area (Å²) in [5, 5.41) is 9.86. The Morgan fingerprint density at radius 1 is 1.17 bits per heavy atom. The minimum atomic E-state index is -5.96. The fourth-order valence-corrected chi connectivity index (χ4v) is 3.02. The van der Waals surface area contributed by atoms with Crippen LogP contribution in [0.5, 0.6) is 11.8 Å². The van der Waals surface area contributed by atoms with Gasteiger partial charge < -0.3 is 19.0 Å². The molecule has 1 N–H and O–H groups in total. The van der Waals surface area contributed by atoms with Crippen molar-refractivity contribution in [2.45, 2.75) is 18.3 Å². The number of halogens is 3. The fraction of sp³-hybridized carbons (Fsp3) is 0.375. The van der Waals surface area contributed by atoms with E-state index in [1.807, 2.05) is 0 Å². The maximum Gasteiger partial charge on any atom is 0.534 e. The van der Waals surface area contributed by atoms with Crippen LogP contribution in [0.1, 0.15) is 21.6 Å². The summed E-state index contributed by atoms with van der Waals surface area (Å²) in [4.78, 5) is 16.6. The Labute approximate surface area is 168 Å². The van der Waals surface area contributed by atoms with Crippen molar-refractivity contribution in [2.75, 3.05) is 25.6 Å². The lowest BCUT2D eigenvalue weighted by Crippen LogP contribution is -2.29. The van der Waals surface area contributed by atoms with Gasteiger partial charge in [-0.15, -0.1) is 10.2 Å². The third-order valence-electron chi connectivity index (χ3n) is 3.98. The maximum atomic E-state index is 12.8. The monoisotopic (exact) mass is 448 g/mol. The third kappa shape index (κ3) is 4.76. The standard InChI is InChI=1S/C16H15F3N4O6S/c1-27-13-3-2-12(22-23-13)21-15(24)10-8-14(29-30(25,26)16(17,18)19)20-11-5-7-28-6-4-9(10)11/h2-3,8H,4-7H2,1H3,(H,21,22,24). The molecule has 0 aromatic carbocycles. The second-order valence-corrected chi connectivity index (χ2v) is 7.48. The molecule has 0 unspecified atom stereocenters. The lowest BCUT2D eigenvalue weighted by atomic mass is 10.0. The van der Waals surface area contributed by atoms with Gasteiger partial charge >= 0.3 is 15.6 Å². The molecular formula is C16H15F3N4O6S. The van der Waals surface area contributed by atoms with Crippen molar-refractivity contribution in [3.63, 3.8) is 0 Å². The minimum absolute atomic E-state index is 0.0432. The highest BCUT2D eigenvalue weighted by atomic mass is 32.2. The molecule has 0 aliphatic carbocycles. The lowest BCUT2D eigenvalue weighted by Gasteiger charge is -2.15. The van der Waals surface area contributed by atoms with Crippen LogP contribution in [0, 0.1) is 0 Å². The van der Waals surface area contributed by atoms with E-state index in [1.165, 1.54) is 19.2 Å². The summed E-state index contributed by atoms with van der Waals surface area (Å²) in [5.74, 6) is -1.39. The fourth-order valence-electron chi connectivity index (χ4n) is 2.61. The number of aromatic nitrogens is 3. The number of nitrogens with one attached hydrogen (secondary N) is 1. The summed E-state index contributed by atoms with van der Waals surface area (Å²) in [7, 11) is -4.58. The van der Waals surface area contributed by atoms with Crippen LogP contribution in [0.2, 0.25) is 0 Å². The van der Waals surface area contributed by atoms with E-state index in [0.717, 1.165) is 6.07 Å². The summed E-state index contributed by atoms with van der Waals surface area (Å²) < 4.78 is 75.0. The molecule has 0 saturated heterocycles. The highest BCUT2D eigenvalue weighted by Gasteiger charge is 2.49. The summed E-state index contributed by atoms with van der Waals surface area (Å²) in [6, 6.07) is 3.67. The number of anilines is 1. The van der Waals surface area contributed by atoms with E-state index in [0.29, 0.717) is 5.56 Å². The predicted molar refractivity (Wildman–Crippen MR) is 94.6 cm³/mol. The molecule has 3 heterocycles. The van der Waals surface area contributed by atoms with E-state index >= 15 is 0 Å². The molecular weight excluding hydrogens is 433 g/mol. The average molecular weight is 448 g/mol. The van der Waals surface area contributed by atoms with Gasteiger partial charge in [-0.1, -0.05) is 0 Å². The van der Waals surface area contributed by atoms with Crippen LogP contribution in [0.3, 0.4) is 0 Å². The molecule has 0 spiro atoms. The number of pyridine rings is 1. The first-order valence-corrected chi connectivity index (χ1v) is 9.82. The van der Waals surface area contributed by atoms with Gasteiger partial charge in [0.2, 0.25) is 11.8 Å². The van der Waals surface area contributed by atoms with Gasteiger partial charge in [0.15, 0.2) is 5.82 Å². The smallest absolute Gasteiger partial charge is 0.480 e. The Morgan fingerprint density at radius 2 is 1.90 bits per heavy atom. The summed E-state index contributed by atoms with van der Waals surface area (Å²) in [5.41, 5.74) is -5.15. The molecule has 0 bridgehead atoms. The van der Waals surface area contributed by atoms with E-state index in [2.05, 4.69) is 24.7 Å². The number of nitrogens with zero attached hydrogens (tertiary/aromatic N) is 3. The molecule has 0 atom stereocenters. The number of methoxy groups -OCH3 is 1. The van der Waals surface area contributed by atoms with Crippen LogP contribution in [0.25, 0.3) is 0 Å². The normalized spacial score (nSPS) is 14.4. The second kappa shape index (κ2) is 8.39. The van der Waals surface area contributed by atoms with Crippen molar-refractivity contribution in [2.24, 2.45) is 0 Å². The molecule has 14 heteroatoms. The van der Waals surface area contributed by atoms with E-state index in [4.69, 9.17) is 9.47 Å². The van der Waals surface area contributed by atoms with E-state index < -0.39 is 27.4 Å². The van der Waals surface area contributed by atoms with Gasteiger partial charge in [0, 0.05) is 18.6 Å². The van der Waals surface area contributed by atoms with Crippen LogP contribution in [-0.4, -0.2) is 55.3 Å². The van der Waals surface area contributed by atoms with Crippen molar-refractivity contribution in [1.82, 2.24) is 15.2 Å². The minimum Gasteiger partial charge on any atom is -0.480 e. The topological polar surface area (TPSA) is 130 Å². The van der Waals surface area contributed by atoms with Gasteiger partial charge in [0.05, 0.1) is 31.6 Å². The number of fused-ring (bicyclic) bond motifs is 1. The van der Waals surface area contributed by atoms with Crippen molar-refractivity contribution in [3.8, 4) is 11.8 Å². The van der Waals surface area contributed by atoms with Crippen LogP contribution in [0.4, 0.5) is 19.0 Å². The number of amides is 1. The van der Waals surface area contributed by atoms with Crippen molar-refractivity contribution >= 4 is 21.8 Å². The number of carbonyl (C=O) groups is 1. The zero-order valence-corrected chi connectivity index (χ0v) is 16.2. The molecule has 3 rings (SSSR count). The van der Waals surface area contributed by atoms with Crippen molar-refractivity contribution in [1.29, 1.82) is 0 Å². The van der Waals surface area contributed by atoms with Crippen LogP contribution >= 0.6 is 0 Å². The number of ether oxygens (including phenoxy) is 2. The quantitative estimate of drug-likeness (QED) is 0.534. The van der Waals surface area contributed by atoms with Crippen molar-refractivity contribution in [3.05, 3.63) is 35.0 Å². The van der Waals surface area contributed by atoms with Crippen LogP contribution < -0.4 is 14.2 Å². The lowest BCUT2D eigenvalue weighted by molar-refractivity contribution is -0.0501. The zero-order valence-electron chi connectivity index (χ0n) is 15.4. The first-order chi connectivity index (χ1) is 14.1.